The van der Waals surface area contributed by atoms with E-state index in [2.05, 4.69) is 63.5 Å². The van der Waals surface area contributed by atoms with E-state index in [1.165, 1.54) is 0 Å². The summed E-state index contributed by atoms with van der Waals surface area (Å²) in [5, 5.41) is 0. The van der Waals surface area contributed by atoms with Gasteiger partial charge in [0.1, 0.15) is 17.5 Å². The minimum absolute atomic E-state index is 0.0910. The quantitative estimate of drug-likeness (QED) is 0.907. The summed E-state index contributed by atoms with van der Waals surface area (Å²) < 4.78 is 0. The maximum atomic E-state index is 5.92. The van der Waals surface area contributed by atoms with E-state index < -0.39 is 0 Å². The average Bonchev–Trinajstić information content (AvgIpc) is 2.25. The van der Waals surface area contributed by atoms with Gasteiger partial charge in [0.15, 0.2) is 0 Å². The Morgan fingerprint density at radius 3 is 2.26 bits per heavy atom. The van der Waals surface area contributed by atoms with Gasteiger partial charge in [-0.15, -0.1) is 0 Å². The van der Waals surface area contributed by atoms with Gasteiger partial charge < -0.3 is 10.6 Å². The molecule has 0 aliphatic rings. The zero-order chi connectivity index (χ0) is 14.8. The molecule has 0 spiro atoms. The van der Waals surface area contributed by atoms with Gasteiger partial charge in [-0.25, -0.2) is 9.97 Å². The van der Waals surface area contributed by atoms with Crippen molar-refractivity contribution in [2.45, 2.75) is 59.4 Å². The first kappa shape index (κ1) is 15.7. The fourth-order valence-electron chi connectivity index (χ4n) is 2.03. The fourth-order valence-corrected chi connectivity index (χ4v) is 2.03. The maximum Gasteiger partial charge on any atom is 0.138 e. The van der Waals surface area contributed by atoms with E-state index in [0.29, 0.717) is 17.8 Å². The zero-order valence-corrected chi connectivity index (χ0v) is 13.4. The van der Waals surface area contributed by atoms with Crippen molar-refractivity contribution < 1.29 is 0 Å². The van der Waals surface area contributed by atoms with Crippen LogP contribution in [0.1, 0.15) is 53.8 Å². The van der Waals surface area contributed by atoms with Gasteiger partial charge in [0.2, 0.25) is 0 Å². The predicted octanol–water partition coefficient (Wildman–Crippen LogP) is 3.23. The lowest BCUT2D eigenvalue weighted by Crippen LogP contribution is -2.32. The van der Waals surface area contributed by atoms with Crippen LogP contribution in [0.3, 0.4) is 0 Å². The van der Waals surface area contributed by atoms with Crippen LogP contribution in [-0.4, -0.2) is 23.1 Å². The number of nitrogens with zero attached hydrogens (tertiary/aromatic N) is 3. The smallest absolute Gasteiger partial charge is 0.138 e. The highest BCUT2D eigenvalue weighted by molar-refractivity contribution is 5.47. The summed E-state index contributed by atoms with van der Waals surface area (Å²) in [7, 11) is 2.07. The topological polar surface area (TPSA) is 55.0 Å². The van der Waals surface area contributed by atoms with Gasteiger partial charge in [-0.3, -0.25) is 0 Å². The van der Waals surface area contributed by atoms with Crippen molar-refractivity contribution in [1.82, 2.24) is 9.97 Å². The van der Waals surface area contributed by atoms with Crippen LogP contribution < -0.4 is 10.6 Å². The van der Waals surface area contributed by atoms with Crippen LogP contribution in [0.15, 0.2) is 6.07 Å². The molecule has 0 aliphatic heterocycles. The Hall–Kier alpha value is -1.32. The van der Waals surface area contributed by atoms with Crippen LogP contribution in [0.25, 0.3) is 0 Å². The largest absolute Gasteiger partial charge is 0.384 e. The first-order valence-corrected chi connectivity index (χ1v) is 6.99. The summed E-state index contributed by atoms with van der Waals surface area (Å²) in [5.74, 6) is 2.91. The van der Waals surface area contributed by atoms with Crippen molar-refractivity contribution in [2.75, 3.05) is 17.7 Å². The molecule has 1 unspecified atom stereocenters. The Labute approximate surface area is 117 Å². The van der Waals surface area contributed by atoms with Gasteiger partial charge in [-0.1, -0.05) is 34.6 Å². The SMILES string of the molecule is CC(C)CC(C)N(C)c1cc(N)nc(C(C)(C)C)n1. The molecule has 2 N–H and O–H groups in total. The van der Waals surface area contributed by atoms with E-state index in [1.807, 2.05) is 6.07 Å². The second-order valence-corrected chi connectivity index (χ2v) is 6.81. The molecular formula is C15H28N4. The normalized spacial score (nSPS) is 13.7. The maximum absolute atomic E-state index is 5.92. The van der Waals surface area contributed by atoms with Crippen molar-refractivity contribution in [2.24, 2.45) is 5.92 Å². The predicted molar refractivity (Wildman–Crippen MR) is 82.5 cm³/mol. The summed E-state index contributed by atoms with van der Waals surface area (Å²) in [6.45, 7) is 13.0. The van der Waals surface area contributed by atoms with Gasteiger partial charge in [0, 0.05) is 24.6 Å². The molecule has 4 heteroatoms. The summed E-state index contributed by atoms with van der Waals surface area (Å²) in [5.41, 5.74) is 5.83. The first-order valence-electron chi connectivity index (χ1n) is 6.99. The Morgan fingerprint density at radius 1 is 1.21 bits per heavy atom. The van der Waals surface area contributed by atoms with Crippen LogP contribution in [0.2, 0.25) is 0 Å². The summed E-state index contributed by atoms with van der Waals surface area (Å²) >= 11 is 0. The molecule has 0 radical (unpaired) electrons. The molecule has 4 nitrogen and oxygen atoms in total. The van der Waals surface area contributed by atoms with Crippen LogP contribution in [0.5, 0.6) is 0 Å². The summed E-state index contributed by atoms with van der Waals surface area (Å²) in [4.78, 5) is 11.2. The molecule has 0 aliphatic carbocycles. The minimum Gasteiger partial charge on any atom is -0.384 e. The van der Waals surface area contributed by atoms with Crippen LogP contribution in [0, 0.1) is 5.92 Å². The van der Waals surface area contributed by atoms with Gasteiger partial charge in [0.05, 0.1) is 0 Å². The number of nitrogen functional groups attached to an aromatic ring is 1. The standard InChI is InChI=1S/C15H28N4/c1-10(2)8-11(3)19(7)13-9-12(16)17-14(18-13)15(4,5)6/h9-11H,8H2,1-7H3,(H2,16,17,18). The van der Waals surface area contributed by atoms with Gasteiger partial charge in [-0.05, 0) is 19.3 Å². The summed E-state index contributed by atoms with van der Waals surface area (Å²) in [6, 6.07) is 2.29. The van der Waals surface area contributed by atoms with E-state index in [9.17, 15) is 0 Å². The van der Waals surface area contributed by atoms with Crippen molar-refractivity contribution in [3.05, 3.63) is 11.9 Å². The van der Waals surface area contributed by atoms with Crippen LogP contribution >= 0.6 is 0 Å². The molecule has 19 heavy (non-hydrogen) atoms. The lowest BCUT2D eigenvalue weighted by molar-refractivity contribution is 0.498. The molecule has 1 heterocycles. The molecule has 1 aromatic rings. The number of hydrogen-bond donors (Lipinski definition) is 1. The third-order valence-corrected chi connectivity index (χ3v) is 3.24. The van der Waals surface area contributed by atoms with Crippen molar-refractivity contribution in [3.63, 3.8) is 0 Å². The second kappa shape index (κ2) is 5.76. The molecular weight excluding hydrogens is 236 g/mol. The van der Waals surface area contributed by atoms with E-state index in [1.54, 1.807) is 0 Å². The summed E-state index contributed by atoms with van der Waals surface area (Å²) in [6.07, 6.45) is 1.13. The van der Waals surface area contributed by atoms with E-state index in [0.717, 1.165) is 18.1 Å². The lowest BCUT2D eigenvalue weighted by Gasteiger charge is -2.28. The second-order valence-electron chi connectivity index (χ2n) is 6.81. The molecule has 1 aromatic heterocycles. The van der Waals surface area contributed by atoms with Crippen LogP contribution in [-0.2, 0) is 5.41 Å². The van der Waals surface area contributed by atoms with E-state index in [-0.39, 0.29) is 5.41 Å². The molecule has 0 saturated carbocycles. The molecule has 1 rings (SSSR count). The van der Waals surface area contributed by atoms with E-state index >= 15 is 0 Å². The highest BCUT2D eigenvalue weighted by Gasteiger charge is 2.21. The van der Waals surface area contributed by atoms with Gasteiger partial charge in [-0.2, -0.15) is 0 Å². The molecule has 108 valence electrons. The Kier molecular flexibility index (Phi) is 4.77. The number of hydrogen-bond acceptors (Lipinski definition) is 4. The van der Waals surface area contributed by atoms with Crippen molar-refractivity contribution in [1.29, 1.82) is 0 Å². The monoisotopic (exact) mass is 264 g/mol. The fraction of sp³-hybridized carbons (Fsp3) is 0.733. The zero-order valence-electron chi connectivity index (χ0n) is 13.4. The molecule has 0 bridgehead atoms. The van der Waals surface area contributed by atoms with Gasteiger partial charge in [0.25, 0.3) is 0 Å². The number of rotatable bonds is 4. The first-order chi connectivity index (χ1) is 8.61. The van der Waals surface area contributed by atoms with Crippen LogP contribution in [0.4, 0.5) is 11.6 Å². The number of nitrogens with two attached hydrogens (primary N) is 1. The number of anilines is 2. The molecule has 0 saturated heterocycles. The highest BCUT2D eigenvalue weighted by Crippen LogP contribution is 2.24. The molecule has 0 fully saturated rings. The molecule has 0 amide bonds. The van der Waals surface area contributed by atoms with Gasteiger partial charge >= 0.3 is 0 Å². The van der Waals surface area contributed by atoms with Crippen molar-refractivity contribution >= 4 is 11.6 Å². The minimum atomic E-state index is -0.0910. The average molecular weight is 264 g/mol. The Morgan fingerprint density at radius 2 is 1.79 bits per heavy atom. The Balaban J connectivity index is 3.03. The van der Waals surface area contributed by atoms with Crippen molar-refractivity contribution in [3.8, 4) is 0 Å². The Bertz CT molecular complexity index is 421. The van der Waals surface area contributed by atoms with E-state index in [4.69, 9.17) is 5.73 Å². The third kappa shape index (κ3) is 4.37. The molecule has 1 atom stereocenters. The molecule has 0 aromatic carbocycles. The third-order valence-electron chi connectivity index (χ3n) is 3.24. The highest BCUT2D eigenvalue weighted by atomic mass is 15.2. The lowest BCUT2D eigenvalue weighted by atomic mass is 9.95. The number of aromatic nitrogens is 2.